The van der Waals surface area contributed by atoms with Crippen LogP contribution in [-0.2, 0) is 52.3 Å². The topological polar surface area (TPSA) is 383 Å². The zero-order valence-electron chi connectivity index (χ0n) is 32.0. The van der Waals surface area contributed by atoms with Gasteiger partial charge in [-0.2, -0.15) is 0 Å². The zero-order chi connectivity index (χ0) is 43.2. The number of nitrogens with one attached hydrogen (secondary N) is 4. The summed E-state index contributed by atoms with van der Waals surface area (Å²) in [6.45, 7) is 1.30. The number of aliphatic hydroxyl groups excluding tert-OH is 10. The summed E-state index contributed by atoms with van der Waals surface area (Å²) in [5.74, 6) is -2.75. The van der Waals surface area contributed by atoms with Gasteiger partial charge in [0.2, 0.25) is 23.6 Å². The largest absolute Gasteiger partial charge is 0.394 e. The van der Waals surface area contributed by atoms with Crippen molar-refractivity contribution in [2.45, 2.75) is 157 Å². The first-order valence-electron chi connectivity index (χ1n) is 18.6. The molecule has 58 heavy (non-hydrogen) atoms. The van der Waals surface area contributed by atoms with Gasteiger partial charge in [-0.1, -0.05) is 6.92 Å². The van der Waals surface area contributed by atoms with Crippen molar-refractivity contribution in [2.24, 2.45) is 0 Å². The quantitative estimate of drug-likeness (QED) is 0.0728. The van der Waals surface area contributed by atoms with E-state index in [-0.39, 0.29) is 6.42 Å². The fourth-order valence-electron chi connectivity index (χ4n) is 7.22. The SMILES string of the molecule is CCC(=O)N[C@H]1[C@H](O[C@H]2C(O)[C@@H](NC(C)=O)[C@H](O[C@H]3[C@H](O)[C@@H](NC(C)=O)[C@H](O[C@H]4C(O)[C@@H](NC(C)=O)[C@H](O)O[C@@H]4CO)O[C@@H]3CO)O[C@@H]2CO)O[C@H](CO)[C@@H](O)[C@@H]1O. The molecule has 0 aromatic carbocycles. The second-order valence-electron chi connectivity index (χ2n) is 14.3. The minimum absolute atomic E-state index is 0.0575. The van der Waals surface area contributed by atoms with Crippen LogP contribution in [0.25, 0.3) is 0 Å². The number of ether oxygens (including phenoxy) is 7. The first kappa shape index (κ1) is 47.9. The Bertz CT molecular complexity index is 1390. The van der Waals surface area contributed by atoms with Gasteiger partial charge in [0.15, 0.2) is 25.2 Å². The molecular formula is C33H56N4O21. The third-order valence-corrected chi connectivity index (χ3v) is 10.1. The van der Waals surface area contributed by atoms with Crippen LogP contribution in [-0.4, -0.2) is 224 Å². The normalized spacial score (nSPS) is 43.2. The highest BCUT2D eigenvalue weighted by atomic mass is 16.8. The molecule has 4 amide bonds. The molecule has 4 fully saturated rings. The Balaban J connectivity index is 1.61. The van der Waals surface area contributed by atoms with Gasteiger partial charge in [-0.3, -0.25) is 19.2 Å². The van der Waals surface area contributed by atoms with Crippen LogP contribution in [0, 0.1) is 0 Å². The molecule has 14 N–H and O–H groups in total. The molecule has 4 aliphatic rings. The molecule has 0 aromatic heterocycles. The van der Waals surface area contributed by atoms with E-state index in [1.807, 2.05) is 0 Å². The van der Waals surface area contributed by atoms with Crippen LogP contribution in [0.15, 0.2) is 0 Å². The van der Waals surface area contributed by atoms with Gasteiger partial charge < -0.3 is 105 Å². The Morgan fingerprint density at radius 2 is 0.793 bits per heavy atom. The van der Waals surface area contributed by atoms with Gasteiger partial charge in [-0.05, 0) is 0 Å². The maximum absolute atomic E-state index is 12.4. The number of carbonyl (C=O) groups excluding carboxylic acids is 4. The van der Waals surface area contributed by atoms with Crippen molar-refractivity contribution >= 4 is 23.6 Å². The van der Waals surface area contributed by atoms with Gasteiger partial charge in [0, 0.05) is 27.2 Å². The average Bonchev–Trinajstić information content (AvgIpc) is 3.17. The van der Waals surface area contributed by atoms with E-state index in [0.29, 0.717) is 0 Å². The number of aliphatic hydroxyl groups is 10. The molecule has 334 valence electrons. The van der Waals surface area contributed by atoms with Gasteiger partial charge in [0.05, 0.1) is 26.4 Å². The van der Waals surface area contributed by atoms with Crippen molar-refractivity contribution in [3.05, 3.63) is 0 Å². The van der Waals surface area contributed by atoms with Crippen molar-refractivity contribution in [3.63, 3.8) is 0 Å². The predicted molar refractivity (Wildman–Crippen MR) is 185 cm³/mol. The van der Waals surface area contributed by atoms with Crippen molar-refractivity contribution in [2.75, 3.05) is 26.4 Å². The van der Waals surface area contributed by atoms with Gasteiger partial charge in [0.1, 0.15) is 97.4 Å². The smallest absolute Gasteiger partial charge is 0.220 e. The number of rotatable bonds is 15. The minimum Gasteiger partial charge on any atom is -0.394 e. The molecule has 25 nitrogen and oxygen atoms in total. The maximum atomic E-state index is 12.4. The summed E-state index contributed by atoms with van der Waals surface area (Å²) in [6, 6.07) is -6.14. The van der Waals surface area contributed by atoms with Crippen molar-refractivity contribution < 1.29 is 103 Å². The molecule has 0 aliphatic carbocycles. The van der Waals surface area contributed by atoms with Crippen LogP contribution in [0.4, 0.5) is 0 Å². The summed E-state index contributed by atoms with van der Waals surface area (Å²) in [5, 5.41) is 116. The number of hydrogen-bond acceptors (Lipinski definition) is 21. The van der Waals surface area contributed by atoms with E-state index in [9.17, 15) is 70.2 Å². The zero-order valence-corrected chi connectivity index (χ0v) is 32.0. The lowest BCUT2D eigenvalue weighted by Gasteiger charge is -2.51. The van der Waals surface area contributed by atoms with Crippen LogP contribution in [0.5, 0.6) is 0 Å². The molecule has 0 saturated carbocycles. The van der Waals surface area contributed by atoms with E-state index in [1.54, 1.807) is 0 Å². The van der Waals surface area contributed by atoms with E-state index in [2.05, 4.69) is 21.3 Å². The standard InChI is InChI=1S/C33H56N4O21/c1-5-17(45)37-19-23(47)22(46)13(6-38)53-31(19)57-28-15(8-40)55-33(21(25(28)49)36-12(4)44)58-29-16(9-41)54-32(20(26(29)50)35-11(3)43)56-27-14(7-39)52-30(51)18(24(27)48)34-10(2)42/h13-16,18-33,38-41,46-51H,5-9H2,1-4H3,(H,34,42)(H,35,43)(H,36,44)(H,37,45)/t13-,14-,15-,16-,18-,19-,20-,21-,22-,23-,24?,25?,26-,27-,28-,29-,30-,31+,32+,33+/m1/s1. The molecule has 0 radical (unpaired) electrons. The first-order valence-corrected chi connectivity index (χ1v) is 18.6. The van der Waals surface area contributed by atoms with Gasteiger partial charge in [-0.25, -0.2) is 0 Å². The fourth-order valence-corrected chi connectivity index (χ4v) is 7.22. The first-order chi connectivity index (χ1) is 27.4. The molecular weight excluding hydrogens is 788 g/mol. The number of carbonyl (C=O) groups is 4. The summed E-state index contributed by atoms with van der Waals surface area (Å²) in [4.78, 5) is 48.9. The fraction of sp³-hybridized carbons (Fsp3) is 0.879. The highest BCUT2D eigenvalue weighted by Gasteiger charge is 2.56. The third kappa shape index (κ3) is 10.9. The molecule has 4 aliphatic heterocycles. The Morgan fingerprint density at radius 3 is 1.16 bits per heavy atom. The monoisotopic (exact) mass is 844 g/mol. The molecule has 4 rings (SSSR count). The molecule has 20 atom stereocenters. The molecule has 25 heteroatoms. The average molecular weight is 845 g/mol. The van der Waals surface area contributed by atoms with Gasteiger partial charge in [0.25, 0.3) is 0 Å². The molecule has 4 saturated heterocycles. The summed E-state index contributed by atoms with van der Waals surface area (Å²) in [5.41, 5.74) is 0. The summed E-state index contributed by atoms with van der Waals surface area (Å²) in [6.07, 6.45) is -26.9. The molecule has 0 spiro atoms. The van der Waals surface area contributed by atoms with Crippen LogP contribution in [0.3, 0.4) is 0 Å². The van der Waals surface area contributed by atoms with Crippen LogP contribution in [0.2, 0.25) is 0 Å². The lowest BCUT2D eigenvalue weighted by molar-refractivity contribution is -0.362. The van der Waals surface area contributed by atoms with Crippen molar-refractivity contribution in [3.8, 4) is 0 Å². The number of amides is 4. The molecule has 2 unspecified atom stereocenters. The second-order valence-corrected chi connectivity index (χ2v) is 14.3. The lowest BCUT2D eigenvalue weighted by Crippen LogP contribution is -2.71. The Labute approximate surface area is 331 Å². The Kier molecular flexibility index (Phi) is 17.4. The van der Waals surface area contributed by atoms with Crippen LogP contribution in [0.1, 0.15) is 34.1 Å². The maximum Gasteiger partial charge on any atom is 0.220 e. The minimum atomic E-state index is -1.90. The predicted octanol–water partition coefficient (Wildman–Crippen LogP) is -8.78. The molecule has 0 aromatic rings. The summed E-state index contributed by atoms with van der Waals surface area (Å²) >= 11 is 0. The van der Waals surface area contributed by atoms with Gasteiger partial charge >= 0.3 is 0 Å². The van der Waals surface area contributed by atoms with E-state index in [4.69, 9.17) is 33.2 Å². The molecule has 4 heterocycles. The highest BCUT2D eigenvalue weighted by molar-refractivity contribution is 5.76. The van der Waals surface area contributed by atoms with Crippen LogP contribution >= 0.6 is 0 Å². The van der Waals surface area contributed by atoms with E-state index in [0.717, 1.165) is 20.8 Å². The Hall–Kier alpha value is -2.80. The van der Waals surface area contributed by atoms with E-state index >= 15 is 0 Å². The summed E-state index contributed by atoms with van der Waals surface area (Å²) in [7, 11) is 0. The van der Waals surface area contributed by atoms with Crippen LogP contribution < -0.4 is 21.3 Å². The van der Waals surface area contributed by atoms with Gasteiger partial charge in [-0.15, -0.1) is 0 Å². The second kappa shape index (κ2) is 21.1. The third-order valence-electron chi connectivity index (χ3n) is 10.1. The molecule has 0 bridgehead atoms. The van der Waals surface area contributed by atoms with Crippen molar-refractivity contribution in [1.82, 2.24) is 21.3 Å². The Morgan fingerprint density at radius 1 is 0.466 bits per heavy atom. The highest BCUT2D eigenvalue weighted by Crippen LogP contribution is 2.34. The van der Waals surface area contributed by atoms with Crippen molar-refractivity contribution in [1.29, 1.82) is 0 Å². The number of hydrogen-bond donors (Lipinski definition) is 14. The van der Waals surface area contributed by atoms with E-state index < -0.39 is 173 Å². The van der Waals surface area contributed by atoms with E-state index in [1.165, 1.54) is 6.92 Å². The summed E-state index contributed by atoms with van der Waals surface area (Å²) < 4.78 is 40.7. The lowest BCUT2D eigenvalue weighted by atomic mass is 9.93.